The van der Waals surface area contributed by atoms with Gasteiger partial charge in [-0.25, -0.2) is 0 Å². The highest BCUT2D eigenvalue weighted by molar-refractivity contribution is 9.10. The topological polar surface area (TPSA) is 67.4 Å². The highest BCUT2D eigenvalue weighted by atomic mass is 79.9. The van der Waals surface area contributed by atoms with E-state index in [2.05, 4.69) is 26.6 Å². The lowest BCUT2D eigenvalue weighted by atomic mass is 10.2. The summed E-state index contributed by atoms with van der Waals surface area (Å²) in [5.74, 6) is -0.290. The molecule has 0 unspecified atom stereocenters. The van der Waals surface area contributed by atoms with Crippen molar-refractivity contribution in [2.45, 2.75) is 31.8 Å². The number of rotatable bonds is 7. The van der Waals surface area contributed by atoms with Crippen LogP contribution in [0, 0.1) is 0 Å². The van der Waals surface area contributed by atoms with Crippen LogP contribution in [0.3, 0.4) is 0 Å². The van der Waals surface area contributed by atoms with E-state index in [-0.39, 0.29) is 24.5 Å². The molecular weight excluding hydrogens is 348 g/mol. The molecule has 1 fully saturated rings. The van der Waals surface area contributed by atoms with Gasteiger partial charge in [-0.05, 0) is 31.0 Å². The monoisotopic (exact) mass is 368 g/mol. The third-order valence-electron chi connectivity index (χ3n) is 3.57. The van der Waals surface area contributed by atoms with Crippen molar-refractivity contribution in [1.29, 1.82) is 0 Å². The van der Waals surface area contributed by atoms with E-state index < -0.39 is 0 Å². The minimum absolute atomic E-state index is 0.101. The van der Waals surface area contributed by atoms with E-state index in [0.717, 1.165) is 17.3 Å². The molecule has 2 rings (SSSR count). The summed E-state index contributed by atoms with van der Waals surface area (Å²) in [6, 6.07) is 7.17. The zero-order valence-corrected chi connectivity index (χ0v) is 14.0. The molecule has 0 radical (unpaired) electrons. The minimum atomic E-state index is -0.155. The Morgan fingerprint density at radius 3 is 2.64 bits per heavy atom. The van der Waals surface area contributed by atoms with Crippen LogP contribution in [-0.2, 0) is 9.53 Å². The van der Waals surface area contributed by atoms with E-state index in [0.29, 0.717) is 18.7 Å². The Morgan fingerprint density at radius 1 is 1.18 bits per heavy atom. The molecule has 1 saturated carbocycles. The zero-order valence-electron chi connectivity index (χ0n) is 12.4. The number of ether oxygens (including phenoxy) is 1. The smallest absolute Gasteiger partial charge is 0.251 e. The Kier molecular flexibility index (Phi) is 6.86. The fourth-order valence-electron chi connectivity index (χ4n) is 2.41. The van der Waals surface area contributed by atoms with E-state index in [1.54, 1.807) is 18.2 Å². The van der Waals surface area contributed by atoms with Crippen molar-refractivity contribution in [3.8, 4) is 0 Å². The van der Waals surface area contributed by atoms with E-state index in [9.17, 15) is 9.59 Å². The summed E-state index contributed by atoms with van der Waals surface area (Å²) >= 11 is 3.33. The first kappa shape index (κ1) is 17.0. The third kappa shape index (κ3) is 5.77. The fraction of sp³-hybridized carbons (Fsp3) is 0.500. The second kappa shape index (κ2) is 8.90. The van der Waals surface area contributed by atoms with Gasteiger partial charge in [0.15, 0.2) is 0 Å². The predicted molar refractivity (Wildman–Crippen MR) is 87.7 cm³/mol. The van der Waals surface area contributed by atoms with Crippen LogP contribution in [0.4, 0.5) is 0 Å². The maximum atomic E-state index is 11.9. The first-order chi connectivity index (χ1) is 10.6. The van der Waals surface area contributed by atoms with Gasteiger partial charge >= 0.3 is 0 Å². The number of hydrogen-bond donors (Lipinski definition) is 2. The van der Waals surface area contributed by atoms with Crippen molar-refractivity contribution < 1.29 is 14.3 Å². The van der Waals surface area contributed by atoms with Crippen LogP contribution in [0.5, 0.6) is 0 Å². The van der Waals surface area contributed by atoms with E-state index in [1.165, 1.54) is 12.8 Å². The standard InChI is InChI=1S/C16H21BrN2O3/c17-13-5-3-4-12(10-13)16(21)19-9-8-18-15(20)11-22-14-6-1-2-7-14/h3-5,10,14H,1-2,6-9,11H2,(H,18,20)(H,19,21). The molecule has 2 N–H and O–H groups in total. The van der Waals surface area contributed by atoms with Gasteiger partial charge in [-0.15, -0.1) is 0 Å². The molecule has 1 aromatic rings. The molecule has 2 amide bonds. The molecule has 5 nitrogen and oxygen atoms in total. The number of carbonyl (C=O) groups is 2. The number of benzene rings is 1. The fourth-order valence-corrected chi connectivity index (χ4v) is 2.81. The van der Waals surface area contributed by atoms with Gasteiger partial charge < -0.3 is 15.4 Å². The summed E-state index contributed by atoms with van der Waals surface area (Å²) in [5.41, 5.74) is 0.588. The van der Waals surface area contributed by atoms with Crippen LogP contribution in [0.15, 0.2) is 28.7 Å². The molecule has 0 saturated heterocycles. The first-order valence-electron chi connectivity index (χ1n) is 7.57. The maximum absolute atomic E-state index is 11.9. The lowest BCUT2D eigenvalue weighted by Gasteiger charge is -2.11. The molecule has 0 spiro atoms. The molecular formula is C16H21BrN2O3. The quantitative estimate of drug-likeness (QED) is 0.725. The molecule has 0 aromatic heterocycles. The van der Waals surface area contributed by atoms with Crippen molar-refractivity contribution in [3.05, 3.63) is 34.3 Å². The van der Waals surface area contributed by atoms with Gasteiger partial charge in [0, 0.05) is 23.1 Å². The molecule has 0 bridgehead atoms. The molecule has 6 heteroatoms. The molecule has 1 aliphatic rings. The summed E-state index contributed by atoms with van der Waals surface area (Å²) in [4.78, 5) is 23.5. The normalized spacial score (nSPS) is 14.8. The lowest BCUT2D eigenvalue weighted by molar-refractivity contribution is -0.127. The van der Waals surface area contributed by atoms with E-state index in [1.807, 2.05) is 6.07 Å². The molecule has 0 aliphatic heterocycles. The average Bonchev–Trinajstić information content (AvgIpc) is 3.02. The number of amides is 2. The summed E-state index contributed by atoms with van der Waals surface area (Å²) in [5, 5.41) is 5.50. The average molecular weight is 369 g/mol. The lowest BCUT2D eigenvalue weighted by Crippen LogP contribution is -2.36. The van der Waals surface area contributed by atoms with E-state index >= 15 is 0 Å². The van der Waals surface area contributed by atoms with Gasteiger partial charge in [-0.3, -0.25) is 9.59 Å². The van der Waals surface area contributed by atoms with Crippen LogP contribution >= 0.6 is 15.9 Å². The SMILES string of the molecule is O=C(COC1CCCC1)NCCNC(=O)c1cccc(Br)c1. The summed E-state index contributed by atoms with van der Waals surface area (Å²) in [6.07, 6.45) is 4.72. The molecule has 1 aromatic carbocycles. The number of carbonyl (C=O) groups excluding carboxylic acids is 2. The summed E-state index contributed by atoms with van der Waals surface area (Å²) in [6.45, 7) is 0.886. The third-order valence-corrected chi connectivity index (χ3v) is 4.07. The summed E-state index contributed by atoms with van der Waals surface area (Å²) < 4.78 is 6.38. The second-order valence-corrected chi connectivity index (χ2v) is 6.25. The van der Waals surface area contributed by atoms with Gasteiger partial charge in [-0.2, -0.15) is 0 Å². The second-order valence-electron chi connectivity index (χ2n) is 5.33. The Balaban J connectivity index is 1.58. The molecule has 0 atom stereocenters. The van der Waals surface area contributed by atoms with Crippen LogP contribution in [0.25, 0.3) is 0 Å². The van der Waals surface area contributed by atoms with Crippen molar-refractivity contribution >= 4 is 27.7 Å². The highest BCUT2D eigenvalue weighted by Gasteiger charge is 2.16. The minimum Gasteiger partial charge on any atom is -0.368 e. The van der Waals surface area contributed by atoms with E-state index in [4.69, 9.17) is 4.74 Å². The Labute approximate surface area is 138 Å². The van der Waals surface area contributed by atoms with Gasteiger partial charge in [0.25, 0.3) is 5.91 Å². The van der Waals surface area contributed by atoms with Crippen molar-refractivity contribution in [2.75, 3.05) is 19.7 Å². The Bertz CT molecular complexity index is 516. The maximum Gasteiger partial charge on any atom is 0.251 e. The molecule has 22 heavy (non-hydrogen) atoms. The zero-order chi connectivity index (χ0) is 15.8. The van der Waals surface area contributed by atoms with Crippen LogP contribution in [0.2, 0.25) is 0 Å². The number of nitrogens with one attached hydrogen (secondary N) is 2. The van der Waals surface area contributed by atoms with Gasteiger partial charge in [-0.1, -0.05) is 34.8 Å². The predicted octanol–water partition coefficient (Wildman–Crippen LogP) is 2.25. The summed E-state index contributed by atoms with van der Waals surface area (Å²) in [7, 11) is 0. The number of hydrogen-bond acceptors (Lipinski definition) is 3. The molecule has 0 heterocycles. The van der Waals surface area contributed by atoms with Crippen LogP contribution < -0.4 is 10.6 Å². The van der Waals surface area contributed by atoms with Gasteiger partial charge in [0.1, 0.15) is 6.61 Å². The van der Waals surface area contributed by atoms with Crippen molar-refractivity contribution in [2.24, 2.45) is 0 Å². The molecule has 1 aliphatic carbocycles. The van der Waals surface area contributed by atoms with Crippen LogP contribution in [0.1, 0.15) is 36.0 Å². The Hall–Kier alpha value is -1.40. The van der Waals surface area contributed by atoms with Gasteiger partial charge in [0.05, 0.1) is 6.10 Å². The molecule has 120 valence electrons. The van der Waals surface area contributed by atoms with Gasteiger partial charge in [0.2, 0.25) is 5.91 Å². The van der Waals surface area contributed by atoms with Crippen molar-refractivity contribution in [1.82, 2.24) is 10.6 Å². The first-order valence-corrected chi connectivity index (χ1v) is 8.36. The van der Waals surface area contributed by atoms with Crippen molar-refractivity contribution in [3.63, 3.8) is 0 Å². The van der Waals surface area contributed by atoms with Crippen LogP contribution in [-0.4, -0.2) is 37.6 Å². The Morgan fingerprint density at radius 2 is 1.91 bits per heavy atom. The number of halogens is 1. The highest BCUT2D eigenvalue weighted by Crippen LogP contribution is 2.20. The largest absolute Gasteiger partial charge is 0.368 e.